The van der Waals surface area contributed by atoms with E-state index >= 15 is 0 Å². The molecule has 1 N–H and O–H groups in total. The molecule has 1 fully saturated rings. The molecule has 0 atom stereocenters. The zero-order valence-corrected chi connectivity index (χ0v) is 20.0. The number of benzene rings is 2. The van der Waals surface area contributed by atoms with Crippen LogP contribution in [-0.2, 0) is 22.7 Å². The summed E-state index contributed by atoms with van der Waals surface area (Å²) >= 11 is 0. The molecule has 1 amide bonds. The van der Waals surface area contributed by atoms with Crippen molar-refractivity contribution in [1.82, 2.24) is 5.32 Å². The van der Waals surface area contributed by atoms with Gasteiger partial charge in [0, 0.05) is 36.8 Å². The first-order valence-electron chi connectivity index (χ1n) is 11.7. The number of piperidine rings is 1. The van der Waals surface area contributed by atoms with Crippen molar-refractivity contribution in [2.75, 3.05) is 29.6 Å². The third-order valence-electron chi connectivity index (χ3n) is 6.32. The van der Waals surface area contributed by atoms with E-state index in [1.807, 2.05) is 49.9 Å². The van der Waals surface area contributed by atoms with Gasteiger partial charge in [0.15, 0.2) is 0 Å². The van der Waals surface area contributed by atoms with Gasteiger partial charge in [-0.2, -0.15) is 0 Å². The lowest BCUT2D eigenvalue weighted by molar-refractivity contribution is -0.384. The van der Waals surface area contributed by atoms with Crippen molar-refractivity contribution in [2.45, 2.75) is 58.9 Å². The van der Waals surface area contributed by atoms with Gasteiger partial charge in [0.2, 0.25) is 0 Å². The normalized spacial score (nSPS) is 16.5. The van der Waals surface area contributed by atoms with Crippen LogP contribution in [-0.4, -0.2) is 42.9 Å². The van der Waals surface area contributed by atoms with Gasteiger partial charge in [-0.25, -0.2) is 4.79 Å². The molecule has 9 heteroatoms. The van der Waals surface area contributed by atoms with Crippen molar-refractivity contribution >= 4 is 23.2 Å². The molecule has 0 bridgehead atoms. The Morgan fingerprint density at radius 1 is 1.18 bits per heavy atom. The number of fused-ring (bicyclic) bond motifs is 1. The van der Waals surface area contributed by atoms with E-state index in [1.54, 1.807) is 17.0 Å². The summed E-state index contributed by atoms with van der Waals surface area (Å²) in [6, 6.07) is 11.6. The summed E-state index contributed by atoms with van der Waals surface area (Å²) in [5.74, 6) is 0. The number of nitro groups is 1. The number of anilines is 2. The minimum absolute atomic E-state index is 0.00946. The van der Waals surface area contributed by atoms with E-state index in [0.717, 1.165) is 22.4 Å². The zero-order valence-electron chi connectivity index (χ0n) is 20.0. The summed E-state index contributed by atoms with van der Waals surface area (Å²) < 4.78 is 11.0. The molecule has 4 rings (SSSR count). The van der Waals surface area contributed by atoms with Gasteiger partial charge in [0.1, 0.15) is 12.3 Å². The Hall–Kier alpha value is -3.17. The molecule has 0 radical (unpaired) electrons. The van der Waals surface area contributed by atoms with Crippen molar-refractivity contribution in [3.8, 4) is 0 Å². The lowest BCUT2D eigenvalue weighted by Gasteiger charge is -2.40. The topological polar surface area (TPSA) is 97.2 Å². The number of amides is 1. The summed E-state index contributed by atoms with van der Waals surface area (Å²) in [6.07, 6.45) is 1.08. The standard InChI is InChI=1S/C25H32N4O5/c1-17(2)26-16-33-14-19-5-7-22(24(13-19)29(31)32)27-10-8-21(9-11-27)28-23-12-18(3)4-6-20(23)15-34-25(28)30/h4-7,12-13,17,21,26H,8-11,14-16H2,1-3H3. The van der Waals surface area contributed by atoms with Crippen LogP contribution in [0.5, 0.6) is 0 Å². The van der Waals surface area contributed by atoms with Gasteiger partial charge in [0.25, 0.3) is 5.69 Å². The van der Waals surface area contributed by atoms with Crippen LogP contribution in [0, 0.1) is 17.0 Å². The average molecular weight is 469 g/mol. The van der Waals surface area contributed by atoms with Gasteiger partial charge < -0.3 is 14.4 Å². The van der Waals surface area contributed by atoms with Crippen molar-refractivity contribution in [2.24, 2.45) is 0 Å². The lowest BCUT2D eigenvalue weighted by Crippen LogP contribution is -2.49. The maximum Gasteiger partial charge on any atom is 0.414 e. The molecule has 2 aromatic carbocycles. The third-order valence-corrected chi connectivity index (χ3v) is 6.32. The zero-order chi connectivity index (χ0) is 24.2. The highest BCUT2D eigenvalue weighted by Crippen LogP contribution is 2.36. The van der Waals surface area contributed by atoms with Crippen LogP contribution in [0.2, 0.25) is 0 Å². The number of hydrogen-bond donors (Lipinski definition) is 1. The monoisotopic (exact) mass is 468 g/mol. The largest absolute Gasteiger partial charge is 0.444 e. The van der Waals surface area contributed by atoms with Crippen LogP contribution in [0.3, 0.4) is 0 Å². The molecule has 0 spiro atoms. The van der Waals surface area contributed by atoms with Crippen molar-refractivity contribution in [1.29, 1.82) is 0 Å². The maximum absolute atomic E-state index is 12.6. The van der Waals surface area contributed by atoms with Gasteiger partial charge in [-0.05, 0) is 56.9 Å². The summed E-state index contributed by atoms with van der Waals surface area (Å²) in [4.78, 5) is 27.9. The summed E-state index contributed by atoms with van der Waals surface area (Å²) in [7, 11) is 0. The number of nitro benzene ring substituents is 1. The molecular weight excluding hydrogens is 436 g/mol. The molecule has 2 heterocycles. The number of nitrogens with zero attached hydrogens (tertiary/aromatic N) is 3. The molecule has 2 aromatic rings. The molecule has 182 valence electrons. The molecule has 0 saturated carbocycles. The van der Waals surface area contributed by atoms with Crippen LogP contribution in [0.25, 0.3) is 0 Å². The first kappa shape index (κ1) is 24.0. The van der Waals surface area contributed by atoms with Crippen molar-refractivity contribution < 1.29 is 19.2 Å². The van der Waals surface area contributed by atoms with Crippen LogP contribution in [0.1, 0.15) is 43.4 Å². The molecule has 2 aliphatic rings. The van der Waals surface area contributed by atoms with E-state index in [9.17, 15) is 14.9 Å². The van der Waals surface area contributed by atoms with Gasteiger partial charge in [-0.3, -0.25) is 20.3 Å². The molecule has 2 aliphatic heterocycles. The quantitative estimate of drug-likeness (QED) is 0.264. The van der Waals surface area contributed by atoms with Crippen LogP contribution in [0.4, 0.5) is 21.9 Å². The summed E-state index contributed by atoms with van der Waals surface area (Å²) in [5.41, 5.74) is 4.45. The van der Waals surface area contributed by atoms with Crippen molar-refractivity contribution in [3.05, 3.63) is 63.2 Å². The fraction of sp³-hybridized carbons (Fsp3) is 0.480. The van der Waals surface area contributed by atoms with Gasteiger partial charge in [0.05, 0.1) is 23.9 Å². The number of ether oxygens (including phenoxy) is 2. The molecule has 34 heavy (non-hydrogen) atoms. The number of rotatable bonds is 8. The molecule has 9 nitrogen and oxygen atoms in total. The highest BCUT2D eigenvalue weighted by atomic mass is 16.6. The van der Waals surface area contributed by atoms with Gasteiger partial charge >= 0.3 is 6.09 Å². The predicted octanol–water partition coefficient (Wildman–Crippen LogP) is 4.50. The fourth-order valence-electron chi connectivity index (χ4n) is 4.51. The van der Waals surface area contributed by atoms with Gasteiger partial charge in [-0.15, -0.1) is 0 Å². The number of nitrogens with one attached hydrogen (secondary N) is 1. The number of aryl methyl sites for hydroxylation is 1. The van der Waals surface area contributed by atoms with Gasteiger partial charge in [-0.1, -0.05) is 18.2 Å². The van der Waals surface area contributed by atoms with Crippen LogP contribution >= 0.6 is 0 Å². The second-order valence-corrected chi connectivity index (χ2v) is 9.21. The number of hydrogen-bond acceptors (Lipinski definition) is 7. The minimum Gasteiger partial charge on any atom is -0.444 e. The number of carbonyl (C=O) groups excluding carboxylic acids is 1. The third kappa shape index (κ3) is 5.31. The van der Waals surface area contributed by atoms with Crippen LogP contribution < -0.4 is 15.1 Å². The minimum atomic E-state index is -0.335. The summed E-state index contributed by atoms with van der Waals surface area (Å²) in [5, 5.41) is 15.0. The van der Waals surface area contributed by atoms with E-state index < -0.39 is 0 Å². The lowest BCUT2D eigenvalue weighted by atomic mass is 9.99. The summed E-state index contributed by atoms with van der Waals surface area (Å²) in [6.45, 7) is 8.28. The Balaban J connectivity index is 1.44. The highest BCUT2D eigenvalue weighted by molar-refractivity contribution is 5.91. The smallest absolute Gasteiger partial charge is 0.414 e. The Morgan fingerprint density at radius 3 is 2.65 bits per heavy atom. The van der Waals surface area contributed by atoms with Crippen molar-refractivity contribution in [3.63, 3.8) is 0 Å². The van der Waals surface area contributed by atoms with E-state index in [1.165, 1.54) is 0 Å². The second-order valence-electron chi connectivity index (χ2n) is 9.21. The molecule has 0 aliphatic carbocycles. The molecular formula is C25H32N4O5. The molecule has 0 unspecified atom stereocenters. The first-order chi connectivity index (χ1) is 16.3. The Bertz CT molecular complexity index is 1050. The number of cyclic esters (lactones) is 1. The maximum atomic E-state index is 12.6. The van der Waals surface area contributed by atoms with E-state index in [4.69, 9.17) is 9.47 Å². The Morgan fingerprint density at radius 2 is 1.94 bits per heavy atom. The fourth-order valence-corrected chi connectivity index (χ4v) is 4.51. The Labute approximate surface area is 199 Å². The SMILES string of the molecule is Cc1ccc2c(c1)N(C1CCN(c3ccc(COCNC(C)C)cc3[N+](=O)[O-])CC1)C(=O)OC2. The number of carbonyl (C=O) groups is 1. The predicted molar refractivity (Wildman–Crippen MR) is 130 cm³/mol. The highest BCUT2D eigenvalue weighted by Gasteiger charge is 2.35. The first-order valence-corrected chi connectivity index (χ1v) is 11.7. The molecule has 1 saturated heterocycles. The van der Waals surface area contributed by atoms with E-state index in [0.29, 0.717) is 57.6 Å². The second kappa shape index (κ2) is 10.4. The van der Waals surface area contributed by atoms with E-state index in [2.05, 4.69) is 5.32 Å². The average Bonchev–Trinajstić information content (AvgIpc) is 2.81. The van der Waals surface area contributed by atoms with E-state index in [-0.39, 0.29) is 22.7 Å². The Kier molecular flexibility index (Phi) is 7.33. The molecule has 0 aromatic heterocycles. The van der Waals surface area contributed by atoms with Crippen LogP contribution in [0.15, 0.2) is 36.4 Å².